The maximum atomic E-state index is 13.4. The Morgan fingerprint density at radius 3 is 2.03 bits per heavy atom. The first kappa shape index (κ1) is 20.5. The van der Waals surface area contributed by atoms with Gasteiger partial charge in [0.1, 0.15) is 5.58 Å². The second-order valence-corrected chi connectivity index (χ2v) is 7.81. The number of amides is 1. The van der Waals surface area contributed by atoms with E-state index in [9.17, 15) is 9.59 Å². The van der Waals surface area contributed by atoms with E-state index in [4.69, 9.17) is 4.42 Å². The molecule has 0 saturated carbocycles. The molecule has 33 heavy (non-hydrogen) atoms. The highest BCUT2D eigenvalue weighted by atomic mass is 16.4. The lowest BCUT2D eigenvalue weighted by atomic mass is 9.90. The number of fused-ring (bicyclic) bond motifs is 1. The van der Waals surface area contributed by atoms with Gasteiger partial charge in [-0.1, -0.05) is 91.0 Å². The molecule has 0 saturated heterocycles. The summed E-state index contributed by atoms with van der Waals surface area (Å²) in [6, 6.07) is 35.9. The van der Waals surface area contributed by atoms with Crippen LogP contribution in [0.4, 0.5) is 5.69 Å². The number of carbonyl (C=O) groups excluding carboxylic acids is 1. The summed E-state index contributed by atoms with van der Waals surface area (Å²) in [5.41, 5.74) is 3.70. The second-order valence-electron chi connectivity index (χ2n) is 7.81. The van der Waals surface area contributed by atoms with E-state index in [1.807, 2.05) is 103 Å². The van der Waals surface area contributed by atoms with E-state index in [1.165, 1.54) is 0 Å². The Kier molecular flexibility index (Phi) is 5.56. The number of hydrogen-bond acceptors (Lipinski definition) is 3. The fourth-order valence-electron chi connectivity index (χ4n) is 4.03. The van der Waals surface area contributed by atoms with Crippen molar-refractivity contribution in [2.45, 2.75) is 5.92 Å². The molecule has 1 aromatic heterocycles. The Bertz CT molecular complexity index is 1430. The smallest absolute Gasteiger partial charge is 0.344 e. The molecule has 0 spiro atoms. The quantitative estimate of drug-likeness (QED) is 0.336. The first-order valence-corrected chi connectivity index (χ1v) is 10.7. The Balaban J connectivity index is 1.49. The van der Waals surface area contributed by atoms with Gasteiger partial charge >= 0.3 is 5.63 Å². The lowest BCUT2D eigenvalue weighted by Crippen LogP contribution is -2.22. The van der Waals surface area contributed by atoms with Crippen LogP contribution in [0.1, 0.15) is 17.0 Å². The van der Waals surface area contributed by atoms with E-state index in [2.05, 4.69) is 5.32 Å². The molecule has 5 aromatic rings. The maximum Gasteiger partial charge on any atom is 0.344 e. The lowest BCUT2D eigenvalue weighted by molar-refractivity contribution is -0.116. The largest absolute Gasteiger partial charge is 0.422 e. The second kappa shape index (κ2) is 8.97. The van der Waals surface area contributed by atoms with Crippen molar-refractivity contribution in [3.63, 3.8) is 0 Å². The number of nitrogens with one attached hydrogen (secondary N) is 1. The van der Waals surface area contributed by atoms with Crippen molar-refractivity contribution in [3.8, 4) is 11.1 Å². The number of carbonyl (C=O) groups is 1. The fourth-order valence-corrected chi connectivity index (χ4v) is 4.03. The number of anilines is 1. The molecule has 4 heteroatoms. The average Bonchev–Trinajstić information content (AvgIpc) is 2.85. The van der Waals surface area contributed by atoms with E-state index in [1.54, 1.807) is 12.1 Å². The normalized spacial score (nSPS) is 10.9. The van der Waals surface area contributed by atoms with Crippen molar-refractivity contribution >= 4 is 22.6 Å². The topological polar surface area (TPSA) is 59.3 Å². The predicted octanol–water partition coefficient (Wildman–Crippen LogP) is 6.23. The third-order valence-corrected chi connectivity index (χ3v) is 5.61. The molecule has 160 valence electrons. The van der Waals surface area contributed by atoms with Crippen molar-refractivity contribution in [1.29, 1.82) is 0 Å². The summed E-state index contributed by atoms with van der Waals surface area (Å²) in [6.07, 6.45) is 0. The summed E-state index contributed by atoms with van der Waals surface area (Å²) in [7, 11) is 0. The minimum absolute atomic E-state index is 0.143. The highest BCUT2D eigenvalue weighted by molar-refractivity contribution is 5.98. The molecule has 0 aliphatic carbocycles. The van der Waals surface area contributed by atoms with E-state index in [0.29, 0.717) is 22.4 Å². The monoisotopic (exact) mass is 431 g/mol. The van der Waals surface area contributed by atoms with Crippen molar-refractivity contribution in [1.82, 2.24) is 0 Å². The van der Waals surface area contributed by atoms with E-state index >= 15 is 0 Å². The van der Waals surface area contributed by atoms with E-state index in [-0.39, 0.29) is 5.91 Å². The van der Waals surface area contributed by atoms with Gasteiger partial charge < -0.3 is 9.73 Å². The molecule has 4 aromatic carbocycles. The number of hydrogen-bond donors (Lipinski definition) is 1. The number of rotatable bonds is 5. The highest BCUT2D eigenvalue weighted by Crippen LogP contribution is 2.28. The molecule has 0 aliphatic rings. The predicted molar refractivity (Wildman–Crippen MR) is 131 cm³/mol. The van der Waals surface area contributed by atoms with Crippen LogP contribution in [0.15, 0.2) is 124 Å². The maximum absolute atomic E-state index is 13.4. The molecular weight excluding hydrogens is 410 g/mol. The van der Waals surface area contributed by atoms with Gasteiger partial charge in [0.25, 0.3) is 0 Å². The first-order valence-electron chi connectivity index (χ1n) is 10.7. The van der Waals surface area contributed by atoms with Crippen LogP contribution in [0.2, 0.25) is 0 Å². The van der Waals surface area contributed by atoms with Crippen LogP contribution in [0, 0.1) is 0 Å². The Labute approximate surface area is 191 Å². The summed E-state index contributed by atoms with van der Waals surface area (Å²) in [4.78, 5) is 26.0. The van der Waals surface area contributed by atoms with Gasteiger partial charge in [0.2, 0.25) is 5.91 Å². The van der Waals surface area contributed by atoms with Crippen LogP contribution in [0.5, 0.6) is 0 Å². The van der Waals surface area contributed by atoms with E-state index < -0.39 is 11.5 Å². The van der Waals surface area contributed by atoms with Gasteiger partial charge in [-0.15, -0.1) is 0 Å². The molecule has 0 radical (unpaired) electrons. The average molecular weight is 431 g/mol. The van der Waals surface area contributed by atoms with Gasteiger partial charge in [0.15, 0.2) is 0 Å². The third kappa shape index (κ3) is 4.32. The fraction of sp³-hybridized carbons (Fsp3) is 0.0345. The molecule has 4 nitrogen and oxygen atoms in total. The summed E-state index contributed by atoms with van der Waals surface area (Å²) in [5.74, 6) is -0.600. The first-order chi connectivity index (χ1) is 16.2. The molecule has 0 unspecified atom stereocenters. The van der Waals surface area contributed by atoms with Crippen LogP contribution < -0.4 is 10.9 Å². The van der Waals surface area contributed by atoms with Gasteiger partial charge in [-0.2, -0.15) is 0 Å². The lowest BCUT2D eigenvalue weighted by Gasteiger charge is -2.18. The molecule has 5 rings (SSSR count). The van der Waals surface area contributed by atoms with Crippen LogP contribution in [-0.4, -0.2) is 5.91 Å². The van der Waals surface area contributed by atoms with Crippen molar-refractivity contribution in [2.24, 2.45) is 0 Å². The van der Waals surface area contributed by atoms with Gasteiger partial charge in [0.05, 0.1) is 11.5 Å². The standard InChI is InChI=1S/C29H21NO3/c31-28(27(20-10-3-1-4-11-20)21-12-5-2-6-13-21)30-24-16-9-15-22(18-24)25-19-23-14-7-8-17-26(23)33-29(25)32/h1-19,27H,(H,30,31). The molecule has 1 amide bonds. The van der Waals surface area contributed by atoms with Gasteiger partial charge in [-0.25, -0.2) is 4.79 Å². The van der Waals surface area contributed by atoms with Crippen LogP contribution in [-0.2, 0) is 4.79 Å². The summed E-state index contributed by atoms with van der Waals surface area (Å²) in [5, 5.41) is 3.88. The van der Waals surface area contributed by atoms with Crippen molar-refractivity contribution < 1.29 is 9.21 Å². The Morgan fingerprint density at radius 2 is 1.33 bits per heavy atom. The molecule has 0 aliphatic heterocycles. The number of para-hydroxylation sites is 1. The zero-order valence-corrected chi connectivity index (χ0v) is 17.8. The SMILES string of the molecule is O=C(Nc1cccc(-c2cc3ccccc3oc2=O)c1)C(c1ccccc1)c1ccccc1. The van der Waals surface area contributed by atoms with Crippen LogP contribution >= 0.6 is 0 Å². The van der Waals surface area contributed by atoms with Gasteiger partial charge in [-0.3, -0.25) is 4.79 Å². The van der Waals surface area contributed by atoms with Gasteiger partial charge in [0, 0.05) is 11.1 Å². The zero-order valence-electron chi connectivity index (χ0n) is 17.8. The Hall–Kier alpha value is -4.44. The third-order valence-electron chi connectivity index (χ3n) is 5.61. The molecule has 0 fully saturated rings. The molecule has 1 heterocycles. The Morgan fingerprint density at radius 1 is 0.697 bits per heavy atom. The minimum atomic E-state index is -0.457. The van der Waals surface area contributed by atoms with Crippen molar-refractivity contribution in [3.05, 3.63) is 137 Å². The van der Waals surface area contributed by atoms with Crippen LogP contribution in [0.3, 0.4) is 0 Å². The molecule has 0 bridgehead atoms. The number of benzene rings is 4. The molecule has 1 N–H and O–H groups in total. The highest BCUT2D eigenvalue weighted by Gasteiger charge is 2.22. The van der Waals surface area contributed by atoms with E-state index in [0.717, 1.165) is 16.5 Å². The summed E-state index contributed by atoms with van der Waals surface area (Å²) >= 11 is 0. The van der Waals surface area contributed by atoms with Crippen molar-refractivity contribution in [2.75, 3.05) is 5.32 Å². The summed E-state index contributed by atoms with van der Waals surface area (Å²) < 4.78 is 5.48. The summed E-state index contributed by atoms with van der Waals surface area (Å²) in [6.45, 7) is 0. The van der Waals surface area contributed by atoms with Gasteiger partial charge in [-0.05, 0) is 41.0 Å². The zero-order chi connectivity index (χ0) is 22.6. The molecule has 0 atom stereocenters. The molecular formula is C29H21NO3. The minimum Gasteiger partial charge on any atom is -0.422 e. The van der Waals surface area contributed by atoms with Crippen LogP contribution in [0.25, 0.3) is 22.1 Å².